The van der Waals surface area contributed by atoms with Gasteiger partial charge in [0.2, 0.25) is 0 Å². The van der Waals surface area contributed by atoms with Gasteiger partial charge in [-0.15, -0.1) is 0 Å². The van der Waals surface area contributed by atoms with Crippen molar-refractivity contribution in [3.05, 3.63) is 0 Å². The molecule has 0 N–H and O–H groups in total. The minimum Gasteiger partial charge on any atom is -0.363 e. The van der Waals surface area contributed by atoms with E-state index in [2.05, 4.69) is 4.90 Å². The van der Waals surface area contributed by atoms with E-state index in [-0.39, 0.29) is 18.7 Å². The summed E-state index contributed by atoms with van der Waals surface area (Å²) in [6.45, 7) is 2.50. The summed E-state index contributed by atoms with van der Waals surface area (Å²) >= 11 is 0. The van der Waals surface area contributed by atoms with Crippen LogP contribution in [0.15, 0.2) is 0 Å². The predicted octanol–water partition coefficient (Wildman–Crippen LogP) is 0.528. The molecule has 0 aromatic heterocycles. The molecule has 0 bridgehead atoms. The number of rotatable bonds is 0. The zero-order valence-electron chi connectivity index (χ0n) is 7.65. The number of hydrogen-bond acceptors (Lipinski definition) is 4. The summed E-state index contributed by atoms with van der Waals surface area (Å²) in [4.78, 5) is 2.26. The lowest BCUT2D eigenvalue weighted by molar-refractivity contribution is -0.310. The van der Waals surface area contributed by atoms with E-state index in [0.29, 0.717) is 0 Å². The summed E-state index contributed by atoms with van der Waals surface area (Å²) in [6.07, 6.45) is 3.69. The first-order valence-corrected chi connectivity index (χ1v) is 5.07. The van der Waals surface area contributed by atoms with Crippen molar-refractivity contribution in [3.8, 4) is 0 Å². The largest absolute Gasteiger partial charge is 0.363 e. The lowest BCUT2D eigenvalue weighted by atomic mass is 10.1. The molecular weight excluding hydrogens is 170 g/mol. The Morgan fingerprint density at radius 3 is 1.46 bits per heavy atom. The smallest absolute Gasteiger partial charge is 0.116 e. The van der Waals surface area contributed by atoms with E-state index in [9.17, 15) is 0 Å². The predicted molar refractivity (Wildman–Crippen MR) is 44.9 cm³/mol. The zero-order chi connectivity index (χ0) is 8.67. The van der Waals surface area contributed by atoms with E-state index in [0.717, 1.165) is 39.1 Å². The molecule has 3 rings (SSSR count). The fourth-order valence-corrected chi connectivity index (χ4v) is 2.43. The van der Waals surface area contributed by atoms with E-state index in [4.69, 9.17) is 14.2 Å². The average Bonchev–Trinajstić information content (AvgIpc) is 2.19. The minimum atomic E-state index is 0.248. The third-order valence-electron chi connectivity index (χ3n) is 3.02. The third kappa shape index (κ3) is 1.29. The summed E-state index contributed by atoms with van der Waals surface area (Å²) in [5, 5.41) is 0. The third-order valence-corrected chi connectivity index (χ3v) is 3.02. The molecule has 3 unspecified atom stereocenters. The molecule has 13 heavy (non-hydrogen) atoms. The summed E-state index contributed by atoms with van der Waals surface area (Å²) in [7, 11) is 0. The van der Waals surface area contributed by atoms with Gasteiger partial charge in [0.25, 0.3) is 0 Å². The Bertz CT molecular complexity index is 154. The highest BCUT2D eigenvalue weighted by atomic mass is 16.6. The molecule has 4 heteroatoms. The molecule has 0 aromatic carbocycles. The molecule has 74 valence electrons. The van der Waals surface area contributed by atoms with Crippen LogP contribution in [0.1, 0.15) is 19.3 Å². The Labute approximate surface area is 77.7 Å². The van der Waals surface area contributed by atoms with Crippen LogP contribution >= 0.6 is 0 Å². The van der Waals surface area contributed by atoms with Gasteiger partial charge in [-0.05, 0) is 0 Å². The molecular formula is C9H15NO3. The summed E-state index contributed by atoms with van der Waals surface area (Å²) in [5.41, 5.74) is 0. The van der Waals surface area contributed by atoms with Crippen LogP contribution in [0, 0.1) is 0 Å². The van der Waals surface area contributed by atoms with Crippen molar-refractivity contribution < 1.29 is 14.2 Å². The molecule has 3 heterocycles. The second-order valence-electron chi connectivity index (χ2n) is 3.79. The fourth-order valence-electron chi connectivity index (χ4n) is 2.43. The van der Waals surface area contributed by atoms with Crippen molar-refractivity contribution in [2.45, 2.75) is 37.9 Å². The van der Waals surface area contributed by atoms with Gasteiger partial charge in [0, 0.05) is 19.3 Å². The van der Waals surface area contributed by atoms with Crippen LogP contribution in [0.5, 0.6) is 0 Å². The first-order valence-electron chi connectivity index (χ1n) is 5.07. The van der Waals surface area contributed by atoms with Crippen LogP contribution in [-0.4, -0.2) is 43.4 Å². The molecule has 0 amide bonds. The Morgan fingerprint density at radius 1 is 0.692 bits per heavy atom. The van der Waals surface area contributed by atoms with Crippen molar-refractivity contribution in [1.29, 1.82) is 0 Å². The van der Waals surface area contributed by atoms with Crippen LogP contribution in [0.25, 0.3) is 0 Å². The van der Waals surface area contributed by atoms with E-state index >= 15 is 0 Å². The Kier molecular flexibility index (Phi) is 2.01. The van der Waals surface area contributed by atoms with Gasteiger partial charge in [0.1, 0.15) is 18.7 Å². The summed E-state index contributed by atoms with van der Waals surface area (Å²) in [6, 6.07) is 0. The maximum atomic E-state index is 5.68. The fraction of sp³-hybridized carbons (Fsp3) is 1.00. The van der Waals surface area contributed by atoms with Gasteiger partial charge >= 0.3 is 0 Å². The normalized spacial score (nSPS) is 45.7. The molecule has 0 spiro atoms. The van der Waals surface area contributed by atoms with Crippen LogP contribution in [0.2, 0.25) is 0 Å². The van der Waals surface area contributed by atoms with Gasteiger partial charge in [-0.3, -0.25) is 0 Å². The van der Waals surface area contributed by atoms with Gasteiger partial charge in [-0.2, -0.15) is 0 Å². The van der Waals surface area contributed by atoms with Crippen molar-refractivity contribution in [2.24, 2.45) is 0 Å². The molecule has 4 nitrogen and oxygen atoms in total. The first-order chi connectivity index (χ1) is 6.45. The topological polar surface area (TPSA) is 30.9 Å². The molecule has 0 radical (unpaired) electrons. The minimum absolute atomic E-state index is 0.248. The molecule has 0 aliphatic carbocycles. The highest BCUT2D eigenvalue weighted by Gasteiger charge is 2.42. The molecule has 3 atom stereocenters. The van der Waals surface area contributed by atoms with Gasteiger partial charge in [-0.25, -0.2) is 4.90 Å². The maximum absolute atomic E-state index is 5.68. The second kappa shape index (κ2) is 3.20. The standard InChI is InChI=1S/C9H15NO3/c1-4-11-8-3-6-13-9-2-5-12-7(1)10(8)9/h7-9H,1-6H2. The van der Waals surface area contributed by atoms with Crippen LogP contribution in [0.4, 0.5) is 0 Å². The first kappa shape index (κ1) is 8.17. The van der Waals surface area contributed by atoms with Crippen LogP contribution < -0.4 is 0 Å². The zero-order valence-corrected chi connectivity index (χ0v) is 7.65. The Hall–Kier alpha value is -0.160. The molecule has 0 saturated carbocycles. The highest BCUT2D eigenvalue weighted by Crippen LogP contribution is 2.31. The van der Waals surface area contributed by atoms with Crippen LogP contribution in [-0.2, 0) is 14.2 Å². The lowest BCUT2D eigenvalue weighted by Gasteiger charge is -2.50. The van der Waals surface area contributed by atoms with Crippen molar-refractivity contribution >= 4 is 0 Å². The molecule has 0 aromatic rings. The van der Waals surface area contributed by atoms with Crippen molar-refractivity contribution in [2.75, 3.05) is 19.8 Å². The highest BCUT2D eigenvalue weighted by molar-refractivity contribution is 4.82. The summed E-state index contributed by atoms with van der Waals surface area (Å²) < 4.78 is 17.1. The molecule has 3 aliphatic rings. The second-order valence-corrected chi connectivity index (χ2v) is 3.79. The SMILES string of the molecule is C1CC2OCCC3OCCC(O1)N32. The number of nitrogens with zero attached hydrogens (tertiary/aromatic N) is 1. The monoisotopic (exact) mass is 185 g/mol. The van der Waals surface area contributed by atoms with Gasteiger partial charge in [-0.1, -0.05) is 0 Å². The Morgan fingerprint density at radius 2 is 1.08 bits per heavy atom. The molecule has 3 aliphatic heterocycles. The number of hydrogen-bond donors (Lipinski definition) is 0. The van der Waals surface area contributed by atoms with Crippen LogP contribution in [0.3, 0.4) is 0 Å². The van der Waals surface area contributed by atoms with E-state index < -0.39 is 0 Å². The van der Waals surface area contributed by atoms with Gasteiger partial charge < -0.3 is 14.2 Å². The maximum Gasteiger partial charge on any atom is 0.116 e. The van der Waals surface area contributed by atoms with E-state index in [1.54, 1.807) is 0 Å². The molecule has 3 saturated heterocycles. The van der Waals surface area contributed by atoms with Gasteiger partial charge in [0.05, 0.1) is 19.8 Å². The van der Waals surface area contributed by atoms with Crippen molar-refractivity contribution in [1.82, 2.24) is 4.90 Å². The summed E-state index contributed by atoms with van der Waals surface area (Å²) in [5.74, 6) is 0. The number of ether oxygens (including phenoxy) is 3. The lowest BCUT2D eigenvalue weighted by Crippen LogP contribution is -2.61. The van der Waals surface area contributed by atoms with Gasteiger partial charge in [0.15, 0.2) is 0 Å². The van der Waals surface area contributed by atoms with E-state index in [1.807, 2.05) is 0 Å². The van der Waals surface area contributed by atoms with E-state index in [1.165, 1.54) is 0 Å². The quantitative estimate of drug-likeness (QED) is 0.551. The molecule has 3 fully saturated rings. The van der Waals surface area contributed by atoms with Crippen molar-refractivity contribution in [3.63, 3.8) is 0 Å². The Balaban J connectivity index is 1.82. The average molecular weight is 185 g/mol.